The summed E-state index contributed by atoms with van der Waals surface area (Å²) in [4.78, 5) is 0. The van der Waals surface area contributed by atoms with Crippen LogP contribution in [0.4, 0.5) is 0 Å². The lowest BCUT2D eigenvalue weighted by molar-refractivity contribution is -0.0387. The van der Waals surface area contributed by atoms with Gasteiger partial charge in [0.15, 0.2) is 0 Å². The van der Waals surface area contributed by atoms with Gasteiger partial charge >= 0.3 is 0 Å². The molecule has 0 aromatic rings. The van der Waals surface area contributed by atoms with Gasteiger partial charge in [0.05, 0.1) is 5.60 Å². The van der Waals surface area contributed by atoms with E-state index >= 15 is 0 Å². The first kappa shape index (κ1) is 9.57. The fraction of sp³-hybridized carbons (Fsp3) is 0.800. The molecule has 1 fully saturated rings. The lowest BCUT2D eigenvalue weighted by Gasteiger charge is -2.41. The van der Waals surface area contributed by atoms with Crippen molar-refractivity contribution in [2.75, 3.05) is 6.54 Å². The van der Waals surface area contributed by atoms with Crippen molar-refractivity contribution in [3.63, 3.8) is 0 Å². The van der Waals surface area contributed by atoms with Gasteiger partial charge < -0.3 is 10.4 Å². The molecule has 2 N–H and O–H groups in total. The Kier molecular flexibility index (Phi) is 3.13. The van der Waals surface area contributed by atoms with Crippen LogP contribution in [0.5, 0.6) is 0 Å². The highest BCUT2D eigenvalue weighted by molar-refractivity contribution is 4.95. The Morgan fingerprint density at radius 3 is 2.83 bits per heavy atom. The number of aliphatic hydroxyl groups is 1. The molecule has 2 nitrogen and oxygen atoms in total. The summed E-state index contributed by atoms with van der Waals surface area (Å²) < 4.78 is 0. The predicted octanol–water partition coefficient (Wildman–Crippen LogP) is 0.903. The van der Waals surface area contributed by atoms with E-state index in [0.29, 0.717) is 6.04 Å². The van der Waals surface area contributed by atoms with Gasteiger partial charge in [0.1, 0.15) is 0 Å². The Morgan fingerprint density at radius 1 is 1.67 bits per heavy atom. The summed E-state index contributed by atoms with van der Waals surface area (Å²) in [6.07, 6.45) is 8.75. The fourth-order valence-electron chi connectivity index (χ4n) is 1.64. The van der Waals surface area contributed by atoms with Crippen molar-refractivity contribution in [2.45, 2.75) is 44.2 Å². The van der Waals surface area contributed by atoms with Crippen molar-refractivity contribution in [3.8, 4) is 12.3 Å². The molecule has 1 aliphatic rings. The van der Waals surface area contributed by atoms with Gasteiger partial charge in [-0.2, -0.15) is 0 Å². The second kappa shape index (κ2) is 3.93. The molecule has 0 unspecified atom stereocenters. The summed E-state index contributed by atoms with van der Waals surface area (Å²) in [6.45, 7) is 2.86. The average molecular weight is 167 g/mol. The molecule has 68 valence electrons. The number of hydrogen-bond acceptors (Lipinski definition) is 2. The molecule has 0 radical (unpaired) electrons. The topological polar surface area (TPSA) is 32.3 Å². The highest BCUT2D eigenvalue weighted by Gasteiger charge is 2.37. The van der Waals surface area contributed by atoms with Gasteiger partial charge in [-0.25, -0.2) is 0 Å². The quantitative estimate of drug-likeness (QED) is 0.481. The van der Waals surface area contributed by atoms with Crippen LogP contribution in [0.2, 0.25) is 0 Å². The molecule has 0 amide bonds. The Balaban J connectivity index is 1.94. The van der Waals surface area contributed by atoms with Gasteiger partial charge in [-0.3, -0.25) is 0 Å². The first-order valence-corrected chi connectivity index (χ1v) is 4.53. The van der Waals surface area contributed by atoms with Gasteiger partial charge in [0.2, 0.25) is 0 Å². The number of nitrogens with one attached hydrogen (secondary N) is 1. The van der Waals surface area contributed by atoms with Crippen LogP contribution in [0, 0.1) is 12.3 Å². The number of hydrogen-bond donors (Lipinski definition) is 2. The van der Waals surface area contributed by atoms with Crippen LogP contribution in [-0.4, -0.2) is 23.3 Å². The third-order valence-corrected chi connectivity index (χ3v) is 2.30. The van der Waals surface area contributed by atoms with Crippen LogP contribution in [0.15, 0.2) is 0 Å². The smallest absolute Gasteiger partial charge is 0.0649 e. The zero-order valence-electron chi connectivity index (χ0n) is 7.64. The normalized spacial score (nSPS) is 33.9. The van der Waals surface area contributed by atoms with E-state index in [1.165, 1.54) is 0 Å². The summed E-state index contributed by atoms with van der Waals surface area (Å²) in [5, 5.41) is 12.8. The van der Waals surface area contributed by atoms with Gasteiger partial charge in [0.25, 0.3) is 0 Å². The molecule has 0 bridgehead atoms. The monoisotopic (exact) mass is 167 g/mol. The number of terminal acetylenes is 1. The number of rotatable bonds is 4. The molecule has 12 heavy (non-hydrogen) atoms. The van der Waals surface area contributed by atoms with Crippen LogP contribution in [0.1, 0.15) is 32.6 Å². The molecule has 0 heterocycles. The lowest BCUT2D eigenvalue weighted by Crippen LogP contribution is -2.51. The largest absolute Gasteiger partial charge is 0.390 e. The average Bonchev–Trinajstić information content (AvgIpc) is 1.94. The number of unbranched alkanes of at least 4 members (excludes halogenated alkanes) is 1. The summed E-state index contributed by atoms with van der Waals surface area (Å²) in [5.41, 5.74) is -0.413. The van der Waals surface area contributed by atoms with Crippen LogP contribution in [0.25, 0.3) is 0 Å². The maximum absolute atomic E-state index is 9.41. The molecule has 0 saturated heterocycles. The minimum Gasteiger partial charge on any atom is -0.390 e. The molecular weight excluding hydrogens is 150 g/mol. The first-order chi connectivity index (χ1) is 5.64. The van der Waals surface area contributed by atoms with Crippen molar-refractivity contribution in [1.82, 2.24) is 5.32 Å². The summed E-state index contributed by atoms with van der Waals surface area (Å²) >= 11 is 0. The van der Waals surface area contributed by atoms with Crippen LogP contribution >= 0.6 is 0 Å². The van der Waals surface area contributed by atoms with Gasteiger partial charge in [-0.1, -0.05) is 0 Å². The standard InChI is InChI=1S/C10H17NO/c1-3-4-5-6-11-9-7-10(2,12)8-9/h1,9,11-12H,4-8H2,2H3. The minimum atomic E-state index is -0.413. The van der Waals surface area contributed by atoms with Crippen molar-refractivity contribution in [2.24, 2.45) is 0 Å². The Labute approximate surface area is 74.4 Å². The minimum absolute atomic E-state index is 0.413. The molecule has 1 saturated carbocycles. The van der Waals surface area contributed by atoms with Crippen molar-refractivity contribution in [1.29, 1.82) is 0 Å². The SMILES string of the molecule is C#CCCCNC1CC(C)(O)C1. The van der Waals surface area contributed by atoms with Crippen molar-refractivity contribution < 1.29 is 5.11 Å². The van der Waals surface area contributed by atoms with E-state index in [-0.39, 0.29) is 0 Å². The highest BCUT2D eigenvalue weighted by Crippen LogP contribution is 2.31. The second-order valence-corrected chi connectivity index (χ2v) is 3.86. The Bertz CT molecular complexity index is 173. The molecule has 0 atom stereocenters. The summed E-state index contributed by atoms with van der Waals surface area (Å²) in [7, 11) is 0. The zero-order valence-corrected chi connectivity index (χ0v) is 7.64. The van der Waals surface area contributed by atoms with Crippen molar-refractivity contribution >= 4 is 0 Å². The molecule has 2 heteroatoms. The van der Waals surface area contributed by atoms with E-state index in [9.17, 15) is 5.11 Å². The molecule has 0 aromatic carbocycles. The lowest BCUT2D eigenvalue weighted by atomic mass is 9.77. The maximum Gasteiger partial charge on any atom is 0.0649 e. The highest BCUT2D eigenvalue weighted by atomic mass is 16.3. The molecule has 0 aliphatic heterocycles. The molecule has 1 aliphatic carbocycles. The van der Waals surface area contributed by atoms with Crippen LogP contribution < -0.4 is 5.32 Å². The second-order valence-electron chi connectivity index (χ2n) is 3.86. The van der Waals surface area contributed by atoms with Crippen LogP contribution in [-0.2, 0) is 0 Å². The van der Waals surface area contributed by atoms with E-state index in [2.05, 4.69) is 11.2 Å². The Hall–Kier alpha value is -0.520. The van der Waals surface area contributed by atoms with Gasteiger partial charge in [0, 0.05) is 12.5 Å². The van der Waals surface area contributed by atoms with E-state index < -0.39 is 5.60 Å². The van der Waals surface area contributed by atoms with E-state index in [0.717, 1.165) is 32.2 Å². The molecular formula is C10H17NO. The maximum atomic E-state index is 9.41. The van der Waals surface area contributed by atoms with E-state index in [1.54, 1.807) is 0 Å². The van der Waals surface area contributed by atoms with E-state index in [1.807, 2.05) is 6.92 Å². The summed E-state index contributed by atoms with van der Waals surface area (Å²) in [6, 6.07) is 0.512. The molecule has 0 aromatic heterocycles. The van der Waals surface area contributed by atoms with Gasteiger partial charge in [-0.05, 0) is 32.7 Å². The predicted molar refractivity (Wildman–Crippen MR) is 49.7 cm³/mol. The van der Waals surface area contributed by atoms with Crippen LogP contribution in [0.3, 0.4) is 0 Å². The third-order valence-electron chi connectivity index (χ3n) is 2.30. The zero-order chi connectivity index (χ0) is 9.03. The fourth-order valence-corrected chi connectivity index (χ4v) is 1.64. The van der Waals surface area contributed by atoms with Crippen molar-refractivity contribution in [3.05, 3.63) is 0 Å². The first-order valence-electron chi connectivity index (χ1n) is 4.53. The Morgan fingerprint density at radius 2 is 2.33 bits per heavy atom. The molecule has 1 rings (SSSR count). The molecule has 0 spiro atoms. The van der Waals surface area contributed by atoms with Gasteiger partial charge in [-0.15, -0.1) is 12.3 Å². The summed E-state index contributed by atoms with van der Waals surface area (Å²) in [5.74, 6) is 2.60. The third kappa shape index (κ3) is 2.84. The van der Waals surface area contributed by atoms with E-state index in [4.69, 9.17) is 6.42 Å².